The van der Waals surface area contributed by atoms with Gasteiger partial charge in [0.05, 0.1) is 23.4 Å². The number of hydrogen-bond acceptors (Lipinski definition) is 4. The van der Waals surface area contributed by atoms with Crippen LogP contribution in [0.15, 0.2) is 35.7 Å². The highest BCUT2D eigenvalue weighted by molar-refractivity contribution is 7.17. The van der Waals surface area contributed by atoms with Gasteiger partial charge in [0.1, 0.15) is 5.69 Å². The van der Waals surface area contributed by atoms with Crippen molar-refractivity contribution in [2.45, 2.75) is 6.54 Å². The maximum Gasteiger partial charge on any atom is 0.268 e. The molecule has 0 saturated carbocycles. The van der Waals surface area contributed by atoms with Crippen molar-refractivity contribution in [3.8, 4) is 0 Å². The van der Waals surface area contributed by atoms with E-state index in [1.54, 1.807) is 11.3 Å². The van der Waals surface area contributed by atoms with Crippen LogP contribution in [-0.4, -0.2) is 54.8 Å². The molecule has 2 aromatic heterocycles. The molecule has 1 N–H and O–H groups in total. The first-order valence-corrected chi connectivity index (χ1v) is 10.1. The molecule has 0 atom stereocenters. The number of benzene rings is 1. The van der Waals surface area contributed by atoms with Gasteiger partial charge in [-0.1, -0.05) is 6.07 Å². The summed E-state index contributed by atoms with van der Waals surface area (Å²) in [5.41, 5.74) is 2.03. The van der Waals surface area contributed by atoms with Crippen molar-refractivity contribution < 1.29 is 18.3 Å². The van der Waals surface area contributed by atoms with Gasteiger partial charge in [0.15, 0.2) is 11.6 Å². The molecule has 5 nitrogen and oxygen atoms in total. The van der Waals surface area contributed by atoms with E-state index in [2.05, 4.69) is 10.2 Å². The highest BCUT2D eigenvalue weighted by Crippen LogP contribution is 2.26. The third-order valence-electron chi connectivity index (χ3n) is 4.90. The molecule has 1 aliphatic heterocycles. The van der Waals surface area contributed by atoms with E-state index in [4.69, 9.17) is 4.74 Å². The molecule has 148 valence electrons. The number of ether oxygens (including phenoxy) is 1. The molecule has 1 fully saturated rings. The van der Waals surface area contributed by atoms with Gasteiger partial charge in [-0.2, -0.15) is 0 Å². The van der Waals surface area contributed by atoms with Crippen LogP contribution in [0.25, 0.3) is 10.2 Å². The summed E-state index contributed by atoms with van der Waals surface area (Å²) in [6.07, 6.45) is 0. The summed E-state index contributed by atoms with van der Waals surface area (Å²) in [4.78, 5) is 15.0. The van der Waals surface area contributed by atoms with Crippen LogP contribution in [0.1, 0.15) is 16.1 Å². The Bertz CT molecular complexity index is 979. The number of carbonyl (C=O) groups excluding carboxylic acids is 1. The van der Waals surface area contributed by atoms with Crippen LogP contribution in [0.5, 0.6) is 0 Å². The van der Waals surface area contributed by atoms with Crippen molar-refractivity contribution in [2.24, 2.45) is 0 Å². The lowest BCUT2D eigenvalue weighted by molar-refractivity contribution is 0.0383. The van der Waals surface area contributed by atoms with Gasteiger partial charge in [-0.25, -0.2) is 8.78 Å². The summed E-state index contributed by atoms with van der Waals surface area (Å²) < 4.78 is 35.0. The molecule has 4 rings (SSSR count). The minimum Gasteiger partial charge on any atom is -0.379 e. The molecule has 1 saturated heterocycles. The van der Waals surface area contributed by atoms with Crippen molar-refractivity contribution in [1.29, 1.82) is 0 Å². The van der Waals surface area contributed by atoms with Crippen LogP contribution < -0.4 is 5.32 Å². The number of halogens is 2. The van der Waals surface area contributed by atoms with Crippen LogP contribution in [0.2, 0.25) is 0 Å². The first-order chi connectivity index (χ1) is 13.6. The largest absolute Gasteiger partial charge is 0.379 e. The third kappa shape index (κ3) is 4.09. The van der Waals surface area contributed by atoms with Crippen LogP contribution >= 0.6 is 11.3 Å². The topological polar surface area (TPSA) is 46.5 Å². The number of amides is 1. The molecule has 3 aromatic rings. The summed E-state index contributed by atoms with van der Waals surface area (Å²) in [6, 6.07) is 7.61. The molecular weight excluding hydrogens is 384 g/mol. The summed E-state index contributed by atoms with van der Waals surface area (Å²) in [5.74, 6) is -1.93. The molecule has 3 heterocycles. The molecule has 8 heteroatoms. The molecule has 0 unspecified atom stereocenters. The second-order valence-electron chi connectivity index (χ2n) is 6.74. The van der Waals surface area contributed by atoms with Gasteiger partial charge < -0.3 is 14.6 Å². The van der Waals surface area contributed by atoms with Crippen LogP contribution in [-0.2, 0) is 11.3 Å². The predicted octanol–water partition coefficient (Wildman–Crippen LogP) is 3.09. The normalized spacial score (nSPS) is 15.2. The number of morpholine rings is 1. The average molecular weight is 405 g/mol. The Morgan fingerprint density at radius 1 is 1.14 bits per heavy atom. The van der Waals surface area contributed by atoms with Gasteiger partial charge in [-0.05, 0) is 35.2 Å². The van der Waals surface area contributed by atoms with Crippen LogP contribution in [0, 0.1) is 11.6 Å². The zero-order valence-electron chi connectivity index (χ0n) is 15.3. The van der Waals surface area contributed by atoms with E-state index >= 15 is 0 Å². The van der Waals surface area contributed by atoms with Gasteiger partial charge in [-0.15, -0.1) is 11.3 Å². The first kappa shape index (κ1) is 19.0. The Labute approximate surface area is 165 Å². The van der Waals surface area contributed by atoms with Crippen molar-refractivity contribution in [1.82, 2.24) is 14.8 Å². The fourth-order valence-corrected chi connectivity index (χ4v) is 4.22. The number of thiophene rings is 1. The van der Waals surface area contributed by atoms with E-state index in [0.717, 1.165) is 49.1 Å². The molecule has 1 amide bonds. The Hall–Kier alpha value is -2.29. The van der Waals surface area contributed by atoms with Gasteiger partial charge >= 0.3 is 0 Å². The molecule has 0 bridgehead atoms. The second kappa shape index (κ2) is 8.38. The number of rotatable bonds is 6. The maximum absolute atomic E-state index is 13.6. The molecular formula is C20H21F2N3O2S. The highest BCUT2D eigenvalue weighted by atomic mass is 32.1. The zero-order chi connectivity index (χ0) is 19.5. The molecule has 0 radical (unpaired) electrons. The van der Waals surface area contributed by atoms with Crippen molar-refractivity contribution in [2.75, 3.05) is 39.4 Å². The molecule has 1 aliphatic rings. The fraction of sp³-hybridized carbons (Fsp3) is 0.350. The van der Waals surface area contributed by atoms with Gasteiger partial charge in [0, 0.05) is 32.7 Å². The minimum atomic E-state index is -0.886. The Morgan fingerprint density at radius 3 is 2.75 bits per heavy atom. The second-order valence-corrected chi connectivity index (χ2v) is 7.69. The number of aromatic nitrogens is 1. The van der Waals surface area contributed by atoms with E-state index in [-0.39, 0.29) is 5.91 Å². The third-order valence-corrected chi connectivity index (χ3v) is 5.75. The average Bonchev–Trinajstić information content (AvgIpc) is 3.28. The number of fused-ring (bicyclic) bond motifs is 1. The van der Waals surface area contributed by atoms with E-state index < -0.39 is 11.6 Å². The van der Waals surface area contributed by atoms with Crippen molar-refractivity contribution >= 4 is 27.5 Å². The van der Waals surface area contributed by atoms with Gasteiger partial charge in [0.25, 0.3) is 5.91 Å². The lowest BCUT2D eigenvalue weighted by atomic mass is 10.2. The molecule has 0 aliphatic carbocycles. The summed E-state index contributed by atoms with van der Waals surface area (Å²) in [5, 5.41) is 4.92. The smallest absolute Gasteiger partial charge is 0.268 e. The first-order valence-electron chi connectivity index (χ1n) is 9.21. The Morgan fingerprint density at radius 2 is 1.96 bits per heavy atom. The SMILES string of the molecule is O=C(NCCN1CCOCC1)c1cc2sccc2n1Cc1ccc(F)c(F)c1. The van der Waals surface area contributed by atoms with Crippen LogP contribution in [0.3, 0.4) is 0 Å². The summed E-state index contributed by atoms with van der Waals surface area (Å²) in [7, 11) is 0. The van der Waals surface area contributed by atoms with E-state index in [9.17, 15) is 13.6 Å². The highest BCUT2D eigenvalue weighted by Gasteiger charge is 2.18. The minimum absolute atomic E-state index is 0.167. The monoisotopic (exact) mass is 405 g/mol. The summed E-state index contributed by atoms with van der Waals surface area (Å²) >= 11 is 1.55. The van der Waals surface area contributed by atoms with Crippen LogP contribution in [0.4, 0.5) is 8.78 Å². The number of nitrogens with one attached hydrogen (secondary N) is 1. The Balaban J connectivity index is 1.49. The predicted molar refractivity (Wildman–Crippen MR) is 105 cm³/mol. The Kier molecular flexibility index (Phi) is 5.70. The fourth-order valence-electron chi connectivity index (χ4n) is 3.40. The van der Waals surface area contributed by atoms with E-state index in [1.807, 2.05) is 22.1 Å². The van der Waals surface area contributed by atoms with Gasteiger partial charge in [-0.3, -0.25) is 9.69 Å². The molecule has 0 spiro atoms. The lowest BCUT2D eigenvalue weighted by Gasteiger charge is -2.26. The molecule has 1 aromatic carbocycles. The van der Waals surface area contributed by atoms with Crippen molar-refractivity contribution in [3.63, 3.8) is 0 Å². The number of nitrogens with zero attached hydrogens (tertiary/aromatic N) is 2. The molecule has 28 heavy (non-hydrogen) atoms. The number of hydrogen-bond donors (Lipinski definition) is 1. The standard InChI is InChI=1S/C20H21F2N3O2S/c21-15-2-1-14(11-16(15)22)13-25-17-3-10-28-19(17)12-18(25)20(26)23-4-5-24-6-8-27-9-7-24/h1-3,10-12H,4-9,13H2,(H,23,26). The maximum atomic E-state index is 13.6. The summed E-state index contributed by atoms with van der Waals surface area (Å²) in [6.45, 7) is 4.80. The zero-order valence-corrected chi connectivity index (χ0v) is 16.1. The van der Waals surface area contributed by atoms with Crippen molar-refractivity contribution in [3.05, 3.63) is 58.6 Å². The quantitative estimate of drug-likeness (QED) is 0.686. The van der Waals surface area contributed by atoms with E-state index in [0.29, 0.717) is 24.3 Å². The lowest BCUT2D eigenvalue weighted by Crippen LogP contribution is -2.41. The number of carbonyl (C=O) groups is 1. The van der Waals surface area contributed by atoms with Gasteiger partial charge in [0.2, 0.25) is 0 Å². The van der Waals surface area contributed by atoms with E-state index in [1.165, 1.54) is 12.1 Å².